The monoisotopic (exact) mass is 389 g/mol. The average Bonchev–Trinajstić information content (AvgIpc) is 3.35. The number of nitrogens with one attached hydrogen (secondary N) is 1. The molecule has 8 nitrogen and oxygen atoms in total. The molecule has 0 aromatic carbocycles. The van der Waals surface area contributed by atoms with Crippen molar-refractivity contribution in [2.24, 2.45) is 0 Å². The Labute approximate surface area is 164 Å². The Morgan fingerprint density at radius 3 is 2.61 bits per heavy atom. The second-order valence-electron chi connectivity index (χ2n) is 8.01. The lowest BCUT2D eigenvalue weighted by Gasteiger charge is -2.36. The molecular weight excluding hydrogens is 362 g/mol. The standard InChI is InChI=1S/C20H27N3O5/c24-17(13-21-18(25)16-5-4-12-27-16)22-10-6-15(7-11-22)23-14-20(28-19(23)26)8-2-1-3-9-20/h4-5,12,15H,1-3,6-11,13-14H2,(H,21,25). The molecule has 1 spiro atoms. The first kappa shape index (κ1) is 18.8. The van der Waals surface area contributed by atoms with Gasteiger partial charge in [0.2, 0.25) is 5.91 Å². The molecule has 2 saturated heterocycles. The van der Waals surface area contributed by atoms with Gasteiger partial charge in [-0.1, -0.05) is 6.42 Å². The van der Waals surface area contributed by atoms with Crippen LogP contribution in [0.4, 0.5) is 4.79 Å². The minimum atomic E-state index is -0.397. The van der Waals surface area contributed by atoms with Gasteiger partial charge in [-0.25, -0.2) is 4.79 Å². The number of hydrogen-bond acceptors (Lipinski definition) is 5. The van der Waals surface area contributed by atoms with Crippen LogP contribution < -0.4 is 5.32 Å². The minimum absolute atomic E-state index is 0.0565. The van der Waals surface area contributed by atoms with Crippen molar-refractivity contribution in [2.75, 3.05) is 26.2 Å². The predicted molar refractivity (Wildman–Crippen MR) is 99.6 cm³/mol. The van der Waals surface area contributed by atoms with Gasteiger partial charge < -0.3 is 24.3 Å². The Balaban J connectivity index is 1.24. The molecule has 3 aliphatic rings. The zero-order valence-corrected chi connectivity index (χ0v) is 16.0. The first-order valence-electron chi connectivity index (χ1n) is 10.2. The predicted octanol–water partition coefficient (Wildman–Crippen LogP) is 2.16. The fraction of sp³-hybridized carbons (Fsp3) is 0.650. The van der Waals surface area contributed by atoms with E-state index in [9.17, 15) is 14.4 Å². The van der Waals surface area contributed by atoms with Crippen LogP contribution in [-0.4, -0.2) is 65.5 Å². The van der Waals surface area contributed by atoms with E-state index in [0.717, 1.165) is 38.5 Å². The largest absolute Gasteiger partial charge is 0.459 e. The number of ether oxygens (including phenoxy) is 1. The van der Waals surface area contributed by atoms with E-state index in [1.165, 1.54) is 12.7 Å². The maximum atomic E-state index is 12.4. The van der Waals surface area contributed by atoms with E-state index in [0.29, 0.717) is 19.6 Å². The zero-order valence-electron chi connectivity index (χ0n) is 16.0. The molecule has 0 radical (unpaired) electrons. The number of amides is 3. The van der Waals surface area contributed by atoms with E-state index >= 15 is 0 Å². The van der Waals surface area contributed by atoms with E-state index in [-0.39, 0.29) is 35.9 Å². The van der Waals surface area contributed by atoms with Crippen molar-refractivity contribution in [1.29, 1.82) is 0 Å². The zero-order chi connectivity index (χ0) is 19.6. The van der Waals surface area contributed by atoms with Crippen LogP contribution in [0.2, 0.25) is 0 Å². The van der Waals surface area contributed by atoms with Crippen molar-refractivity contribution in [3.8, 4) is 0 Å². The Bertz CT molecular complexity index is 718. The maximum absolute atomic E-state index is 12.4. The molecule has 1 N–H and O–H groups in total. The number of piperidine rings is 1. The molecule has 3 heterocycles. The van der Waals surface area contributed by atoms with Gasteiger partial charge in [0.15, 0.2) is 5.76 Å². The van der Waals surface area contributed by atoms with Crippen LogP contribution >= 0.6 is 0 Å². The van der Waals surface area contributed by atoms with Crippen molar-refractivity contribution < 1.29 is 23.5 Å². The van der Waals surface area contributed by atoms with Crippen molar-refractivity contribution in [1.82, 2.24) is 15.1 Å². The molecule has 0 atom stereocenters. The first-order valence-corrected chi connectivity index (χ1v) is 10.2. The maximum Gasteiger partial charge on any atom is 0.410 e. The van der Waals surface area contributed by atoms with Gasteiger partial charge >= 0.3 is 6.09 Å². The SMILES string of the molecule is O=C(NCC(=O)N1CCC(N2CC3(CCCCC3)OC2=O)CC1)c1ccco1. The van der Waals surface area contributed by atoms with Crippen molar-refractivity contribution >= 4 is 17.9 Å². The van der Waals surface area contributed by atoms with E-state index in [1.807, 2.05) is 4.90 Å². The van der Waals surface area contributed by atoms with Crippen LogP contribution in [0.3, 0.4) is 0 Å². The van der Waals surface area contributed by atoms with E-state index in [2.05, 4.69) is 5.32 Å². The molecule has 1 aromatic heterocycles. The van der Waals surface area contributed by atoms with Gasteiger partial charge in [0.1, 0.15) is 5.60 Å². The van der Waals surface area contributed by atoms with Gasteiger partial charge in [0.05, 0.1) is 19.4 Å². The summed E-state index contributed by atoms with van der Waals surface area (Å²) < 4.78 is 10.8. The molecule has 1 aromatic rings. The van der Waals surface area contributed by atoms with Gasteiger partial charge in [-0.2, -0.15) is 0 Å². The Morgan fingerprint density at radius 2 is 1.93 bits per heavy atom. The van der Waals surface area contributed by atoms with Gasteiger partial charge in [-0.15, -0.1) is 0 Å². The molecule has 1 aliphatic carbocycles. The highest BCUT2D eigenvalue weighted by Crippen LogP contribution is 2.38. The van der Waals surface area contributed by atoms with Crippen LogP contribution in [0.25, 0.3) is 0 Å². The molecule has 3 amide bonds. The van der Waals surface area contributed by atoms with E-state index < -0.39 is 5.91 Å². The second-order valence-corrected chi connectivity index (χ2v) is 8.01. The summed E-state index contributed by atoms with van der Waals surface area (Å²) in [4.78, 5) is 40.3. The van der Waals surface area contributed by atoms with Gasteiger partial charge in [0, 0.05) is 19.1 Å². The van der Waals surface area contributed by atoms with Gasteiger partial charge in [-0.05, 0) is 50.7 Å². The molecule has 0 bridgehead atoms. The fourth-order valence-corrected chi connectivity index (χ4v) is 4.58. The third kappa shape index (κ3) is 3.86. The number of hydrogen-bond donors (Lipinski definition) is 1. The van der Waals surface area contributed by atoms with E-state index in [4.69, 9.17) is 9.15 Å². The van der Waals surface area contributed by atoms with Crippen LogP contribution in [0.1, 0.15) is 55.5 Å². The summed E-state index contributed by atoms with van der Waals surface area (Å²) in [6.45, 7) is 1.79. The molecule has 4 rings (SSSR count). The third-order valence-corrected chi connectivity index (χ3v) is 6.16. The summed E-state index contributed by atoms with van der Waals surface area (Å²) in [5.41, 5.74) is -0.279. The van der Waals surface area contributed by atoms with Crippen molar-refractivity contribution in [3.63, 3.8) is 0 Å². The average molecular weight is 389 g/mol. The topological polar surface area (TPSA) is 92.1 Å². The number of nitrogens with zero attached hydrogens (tertiary/aromatic N) is 2. The lowest BCUT2D eigenvalue weighted by molar-refractivity contribution is -0.131. The van der Waals surface area contributed by atoms with Crippen LogP contribution in [-0.2, 0) is 9.53 Å². The number of furan rings is 1. The van der Waals surface area contributed by atoms with Gasteiger partial charge in [-0.3, -0.25) is 9.59 Å². The summed E-state index contributed by atoms with van der Waals surface area (Å²) in [6.07, 6.45) is 8.09. The lowest BCUT2D eigenvalue weighted by Crippen LogP contribution is -2.50. The molecule has 28 heavy (non-hydrogen) atoms. The number of carbonyl (C=O) groups excluding carboxylic acids is 3. The summed E-state index contributed by atoms with van der Waals surface area (Å²) in [6, 6.07) is 3.30. The highest BCUT2D eigenvalue weighted by atomic mass is 16.6. The van der Waals surface area contributed by atoms with Crippen LogP contribution in [0.5, 0.6) is 0 Å². The van der Waals surface area contributed by atoms with Gasteiger partial charge in [0.25, 0.3) is 5.91 Å². The summed E-state index contributed by atoms with van der Waals surface area (Å²) in [5.74, 6) is -0.326. The lowest BCUT2D eigenvalue weighted by atomic mass is 9.84. The number of carbonyl (C=O) groups is 3. The molecule has 8 heteroatoms. The number of likely N-dealkylation sites (tertiary alicyclic amines) is 1. The Hall–Kier alpha value is -2.51. The summed E-state index contributed by atoms with van der Waals surface area (Å²) in [7, 11) is 0. The normalized spacial score (nSPS) is 22.4. The summed E-state index contributed by atoms with van der Waals surface area (Å²) in [5, 5.41) is 2.59. The van der Waals surface area contributed by atoms with Crippen molar-refractivity contribution in [3.05, 3.63) is 24.2 Å². The van der Waals surface area contributed by atoms with E-state index in [1.54, 1.807) is 17.0 Å². The Morgan fingerprint density at radius 1 is 1.18 bits per heavy atom. The quantitative estimate of drug-likeness (QED) is 0.852. The highest BCUT2D eigenvalue weighted by Gasteiger charge is 2.48. The van der Waals surface area contributed by atoms with Crippen LogP contribution in [0.15, 0.2) is 22.8 Å². The smallest absolute Gasteiger partial charge is 0.410 e. The fourth-order valence-electron chi connectivity index (χ4n) is 4.58. The molecule has 3 fully saturated rings. The van der Waals surface area contributed by atoms with Crippen molar-refractivity contribution in [2.45, 2.75) is 56.6 Å². The molecule has 152 valence electrons. The third-order valence-electron chi connectivity index (χ3n) is 6.16. The molecular formula is C20H27N3O5. The molecule has 2 aliphatic heterocycles. The first-order chi connectivity index (χ1) is 13.6. The minimum Gasteiger partial charge on any atom is -0.459 e. The second kappa shape index (κ2) is 7.85. The highest BCUT2D eigenvalue weighted by molar-refractivity contribution is 5.94. The number of rotatable bonds is 4. The summed E-state index contributed by atoms with van der Waals surface area (Å²) >= 11 is 0. The Kier molecular flexibility index (Phi) is 5.28. The molecule has 1 saturated carbocycles. The molecule has 0 unspecified atom stereocenters. The van der Waals surface area contributed by atoms with Crippen LogP contribution in [0, 0.1) is 0 Å².